The Balaban J connectivity index is 1.37. The highest BCUT2D eigenvalue weighted by Gasteiger charge is 2.86. The predicted molar refractivity (Wildman–Crippen MR) is 126 cm³/mol. The molecule has 4 bridgehead atoms. The van der Waals surface area contributed by atoms with Gasteiger partial charge >= 0.3 is 0 Å². The van der Waals surface area contributed by atoms with Crippen molar-refractivity contribution < 1.29 is 40.5 Å². The molecular weight excluding hydrogens is 466 g/mol. The van der Waals surface area contributed by atoms with E-state index in [4.69, 9.17) is 4.74 Å². The summed E-state index contributed by atoms with van der Waals surface area (Å²) in [5.74, 6) is -4.29. The predicted octanol–water partition coefficient (Wildman–Crippen LogP) is -0.814. The topological polar surface area (TPSA) is 154 Å². The molecule has 16 atom stereocenters. The first-order valence-electron chi connectivity index (χ1n) is 14.1. The molecule has 36 heavy (non-hydrogen) atoms. The molecule has 1 spiro atoms. The molecule has 0 unspecified atom stereocenters. The zero-order chi connectivity index (χ0) is 25.8. The molecule has 3 heterocycles. The summed E-state index contributed by atoms with van der Waals surface area (Å²) in [6.07, 6.45) is -1.92. The van der Waals surface area contributed by atoms with Crippen LogP contribution in [0.15, 0.2) is 0 Å². The second-order valence-electron chi connectivity index (χ2n) is 14.2. The minimum absolute atomic E-state index is 0.130. The third-order valence-electron chi connectivity index (χ3n) is 12.8. The highest BCUT2D eigenvalue weighted by molar-refractivity contribution is 5.33. The van der Waals surface area contributed by atoms with Crippen LogP contribution in [0.1, 0.15) is 59.3 Å². The summed E-state index contributed by atoms with van der Waals surface area (Å²) in [4.78, 5) is 2.30. The van der Waals surface area contributed by atoms with E-state index < -0.39 is 76.1 Å². The van der Waals surface area contributed by atoms with E-state index in [2.05, 4.69) is 11.8 Å². The number of piperidine rings is 2. The largest absolute Gasteiger partial charge is 0.393 e. The van der Waals surface area contributed by atoms with Crippen LogP contribution < -0.4 is 0 Å². The van der Waals surface area contributed by atoms with Gasteiger partial charge in [-0.3, -0.25) is 4.90 Å². The summed E-state index contributed by atoms with van der Waals surface area (Å²) in [6, 6.07) is -0.130. The first-order chi connectivity index (χ1) is 16.7. The molecule has 204 valence electrons. The van der Waals surface area contributed by atoms with Gasteiger partial charge in [0.1, 0.15) is 17.8 Å². The van der Waals surface area contributed by atoms with Crippen LogP contribution in [0.2, 0.25) is 0 Å². The maximum Gasteiger partial charge on any atom is 0.196 e. The van der Waals surface area contributed by atoms with Crippen molar-refractivity contribution in [2.24, 2.45) is 40.9 Å². The van der Waals surface area contributed by atoms with Gasteiger partial charge < -0.3 is 40.5 Å². The van der Waals surface area contributed by atoms with Gasteiger partial charge in [-0.25, -0.2) is 0 Å². The molecule has 7 aliphatic rings. The fraction of sp³-hybridized carbons (Fsp3) is 1.00. The molecule has 9 heteroatoms. The number of nitrogens with zero attached hydrogens (tertiary/aromatic N) is 1. The first-order valence-corrected chi connectivity index (χ1v) is 14.1. The Morgan fingerprint density at radius 1 is 0.944 bits per heavy atom. The molecule has 3 aliphatic heterocycles. The summed E-state index contributed by atoms with van der Waals surface area (Å²) < 4.78 is 6.51. The van der Waals surface area contributed by atoms with E-state index >= 15 is 0 Å². The maximum atomic E-state index is 12.5. The van der Waals surface area contributed by atoms with Crippen molar-refractivity contribution in [1.82, 2.24) is 4.90 Å². The van der Waals surface area contributed by atoms with Crippen LogP contribution in [0.25, 0.3) is 0 Å². The van der Waals surface area contributed by atoms with Gasteiger partial charge in [0.25, 0.3) is 0 Å². The minimum Gasteiger partial charge on any atom is -0.393 e. The van der Waals surface area contributed by atoms with Crippen molar-refractivity contribution in [2.45, 2.75) is 112 Å². The quantitative estimate of drug-likeness (QED) is 0.222. The summed E-state index contributed by atoms with van der Waals surface area (Å²) in [7, 11) is 0. The molecule has 0 amide bonds. The highest BCUT2D eigenvalue weighted by Crippen LogP contribution is 2.76. The van der Waals surface area contributed by atoms with E-state index in [9.17, 15) is 35.7 Å². The standard InChI is InChI=1S/C27H43NO8/c1-12-4-5-17-24(3,33)19-13(11-28(17)10-12)14-9-25-21(26(14,34)22(32)20(19)31)15(29)8-16-23(25,2)7-6-18(30)27(16,35)36-25/h12-22,29-35H,4-11H2,1-3H3/t12-,13+,14-,15-,16-,17+,18-,19-,20+,21-,22+,23+,24-,25+,26+,27-/m1/s1. The van der Waals surface area contributed by atoms with Crippen LogP contribution in [-0.4, -0.2) is 107 Å². The molecule has 4 aliphatic carbocycles. The summed E-state index contributed by atoms with van der Waals surface area (Å²) in [5, 5.41) is 81.4. The number of aliphatic hydroxyl groups is 7. The number of ether oxygens (including phenoxy) is 1. The highest BCUT2D eigenvalue weighted by atomic mass is 16.7. The van der Waals surface area contributed by atoms with Gasteiger partial charge in [0.2, 0.25) is 0 Å². The molecule has 0 radical (unpaired) electrons. The summed E-state index contributed by atoms with van der Waals surface area (Å²) in [5.41, 5.74) is -4.88. The average Bonchev–Trinajstić information content (AvgIpc) is 3.08. The van der Waals surface area contributed by atoms with Crippen molar-refractivity contribution >= 4 is 0 Å². The van der Waals surface area contributed by atoms with Crippen LogP contribution in [0.3, 0.4) is 0 Å². The third kappa shape index (κ3) is 2.46. The van der Waals surface area contributed by atoms with Gasteiger partial charge in [0, 0.05) is 42.3 Å². The van der Waals surface area contributed by atoms with Crippen molar-refractivity contribution in [2.75, 3.05) is 13.1 Å². The molecule has 9 nitrogen and oxygen atoms in total. The lowest BCUT2D eigenvalue weighted by Crippen LogP contribution is -2.76. The van der Waals surface area contributed by atoms with Crippen LogP contribution in [0.5, 0.6) is 0 Å². The normalized spacial score (nSPS) is 68.0. The van der Waals surface area contributed by atoms with E-state index in [1.54, 1.807) is 6.92 Å². The lowest BCUT2D eigenvalue weighted by molar-refractivity contribution is -0.295. The number of hydrogen-bond donors (Lipinski definition) is 7. The molecule has 0 aromatic heterocycles. The Bertz CT molecular complexity index is 964. The zero-order valence-electron chi connectivity index (χ0n) is 21.5. The Kier molecular flexibility index (Phi) is 4.82. The average molecular weight is 510 g/mol. The third-order valence-corrected chi connectivity index (χ3v) is 12.8. The first kappa shape index (κ1) is 24.7. The van der Waals surface area contributed by atoms with E-state index in [1.165, 1.54) is 0 Å². The molecule has 4 saturated carbocycles. The molecule has 7 N–H and O–H groups in total. The fourth-order valence-corrected chi connectivity index (χ4v) is 11.4. The number of hydrogen-bond acceptors (Lipinski definition) is 9. The van der Waals surface area contributed by atoms with Crippen molar-refractivity contribution in [3.8, 4) is 0 Å². The van der Waals surface area contributed by atoms with Crippen LogP contribution in [0.4, 0.5) is 0 Å². The van der Waals surface area contributed by atoms with Gasteiger partial charge in [-0.05, 0) is 63.2 Å². The van der Waals surface area contributed by atoms with E-state index in [1.807, 2.05) is 6.92 Å². The van der Waals surface area contributed by atoms with E-state index in [0.717, 1.165) is 19.4 Å². The fourth-order valence-electron chi connectivity index (χ4n) is 11.4. The Morgan fingerprint density at radius 3 is 2.39 bits per heavy atom. The van der Waals surface area contributed by atoms with Gasteiger partial charge in [-0.15, -0.1) is 0 Å². The van der Waals surface area contributed by atoms with Gasteiger partial charge in [-0.1, -0.05) is 13.8 Å². The number of aliphatic hydroxyl groups excluding tert-OH is 4. The molecular formula is C27H43NO8. The van der Waals surface area contributed by atoms with Crippen molar-refractivity contribution in [3.63, 3.8) is 0 Å². The van der Waals surface area contributed by atoms with Gasteiger partial charge in [0.05, 0.1) is 23.4 Å². The maximum absolute atomic E-state index is 12.5. The van der Waals surface area contributed by atoms with Crippen molar-refractivity contribution in [1.29, 1.82) is 0 Å². The SMILES string of the molecule is C[C@@H]1CC[C@@H]2N(C1)C[C@@H]1[C@H]([C@H](O)[C@H](O)[C@]3(O)[C@@H]1C[C@@]14O[C@@]5(O)[C@H](O)CC[C@@]1(C)[C@H]5C[C@@H](O)[C@@H]34)[C@]2(C)O. The molecule has 0 aromatic rings. The van der Waals surface area contributed by atoms with Gasteiger partial charge in [-0.2, -0.15) is 0 Å². The van der Waals surface area contributed by atoms with E-state index in [0.29, 0.717) is 31.7 Å². The number of fused-ring (bicyclic) bond motifs is 5. The van der Waals surface area contributed by atoms with Crippen molar-refractivity contribution in [3.05, 3.63) is 0 Å². The lowest BCUT2D eigenvalue weighted by atomic mass is 9.49. The number of rotatable bonds is 0. The zero-order valence-corrected chi connectivity index (χ0v) is 21.5. The molecule has 3 saturated heterocycles. The summed E-state index contributed by atoms with van der Waals surface area (Å²) >= 11 is 0. The smallest absolute Gasteiger partial charge is 0.196 e. The molecule has 7 rings (SSSR count). The molecule has 0 aromatic carbocycles. The second kappa shape index (κ2) is 7.04. The Hall–Kier alpha value is -0.360. The molecule has 7 fully saturated rings. The van der Waals surface area contributed by atoms with E-state index in [-0.39, 0.29) is 18.4 Å². The van der Waals surface area contributed by atoms with Crippen LogP contribution >= 0.6 is 0 Å². The van der Waals surface area contributed by atoms with Crippen LogP contribution in [-0.2, 0) is 4.74 Å². The van der Waals surface area contributed by atoms with Gasteiger partial charge in [0.15, 0.2) is 5.79 Å². The second-order valence-corrected chi connectivity index (χ2v) is 14.2. The van der Waals surface area contributed by atoms with Crippen LogP contribution in [0, 0.1) is 40.9 Å². The minimum atomic E-state index is -1.85. The Labute approximate surface area is 212 Å². The monoisotopic (exact) mass is 509 g/mol. The summed E-state index contributed by atoms with van der Waals surface area (Å²) in [6.45, 7) is 7.40. The Morgan fingerprint density at radius 2 is 1.67 bits per heavy atom. The lowest BCUT2D eigenvalue weighted by Gasteiger charge is -2.63.